The van der Waals surface area contributed by atoms with Crippen molar-refractivity contribution in [2.45, 2.75) is 25.9 Å². The summed E-state index contributed by atoms with van der Waals surface area (Å²) < 4.78 is 0. The molecule has 0 heterocycles. The minimum absolute atomic E-state index is 0.302. The molecule has 1 unspecified atom stereocenters. The van der Waals surface area contributed by atoms with Gasteiger partial charge in [-0.05, 0) is 44.2 Å². The van der Waals surface area contributed by atoms with Gasteiger partial charge < -0.3 is 5.11 Å². The van der Waals surface area contributed by atoms with Crippen LogP contribution in [0.4, 0.5) is 0 Å². The van der Waals surface area contributed by atoms with E-state index in [-0.39, 0.29) is 0 Å². The highest BCUT2D eigenvalue weighted by molar-refractivity contribution is 5.28. The first-order valence-electron chi connectivity index (χ1n) is 6.65. The van der Waals surface area contributed by atoms with Crippen molar-refractivity contribution in [2.24, 2.45) is 0 Å². The van der Waals surface area contributed by atoms with Crippen molar-refractivity contribution >= 4 is 0 Å². The lowest BCUT2D eigenvalue weighted by atomic mass is 10.0. The summed E-state index contributed by atoms with van der Waals surface area (Å²) in [7, 11) is 2.13. The molecule has 0 aliphatic heterocycles. The van der Waals surface area contributed by atoms with E-state index in [2.05, 4.69) is 50.1 Å². The van der Waals surface area contributed by atoms with Crippen LogP contribution in [0.2, 0.25) is 0 Å². The molecular formula is C17H21NO. The van der Waals surface area contributed by atoms with Gasteiger partial charge in [-0.2, -0.15) is 0 Å². The van der Waals surface area contributed by atoms with Crippen LogP contribution in [0.15, 0.2) is 54.6 Å². The van der Waals surface area contributed by atoms with Gasteiger partial charge >= 0.3 is 0 Å². The highest BCUT2D eigenvalue weighted by atomic mass is 16.3. The maximum Gasteiger partial charge on any atom is 0.115 e. The van der Waals surface area contributed by atoms with E-state index in [0.717, 1.165) is 0 Å². The van der Waals surface area contributed by atoms with Crippen molar-refractivity contribution in [3.8, 4) is 5.75 Å². The number of rotatable bonds is 4. The number of phenolic OH excluding ortho intramolecular Hbond substituents is 1. The molecule has 1 N–H and O–H groups in total. The maximum absolute atomic E-state index is 9.35. The smallest absolute Gasteiger partial charge is 0.115 e. The number of benzene rings is 2. The van der Waals surface area contributed by atoms with Crippen molar-refractivity contribution in [1.82, 2.24) is 4.90 Å². The van der Waals surface area contributed by atoms with Crippen LogP contribution < -0.4 is 0 Å². The molecule has 0 saturated heterocycles. The van der Waals surface area contributed by atoms with Gasteiger partial charge in [-0.25, -0.2) is 0 Å². The average Bonchev–Trinajstić information content (AvgIpc) is 2.46. The summed E-state index contributed by atoms with van der Waals surface area (Å²) in [6.45, 7) is 4.40. The lowest BCUT2D eigenvalue weighted by Crippen LogP contribution is -2.25. The molecule has 0 bridgehead atoms. The number of phenols is 1. The molecule has 0 aromatic heterocycles. The molecule has 0 aliphatic carbocycles. The normalized spacial score (nSPS) is 14.3. The Morgan fingerprint density at radius 2 is 1.26 bits per heavy atom. The molecule has 19 heavy (non-hydrogen) atoms. The van der Waals surface area contributed by atoms with Gasteiger partial charge in [0.1, 0.15) is 5.75 Å². The molecule has 0 spiro atoms. The Labute approximate surface area is 115 Å². The summed E-state index contributed by atoms with van der Waals surface area (Å²) in [5.41, 5.74) is 2.53. The van der Waals surface area contributed by atoms with E-state index in [1.165, 1.54) is 11.1 Å². The molecular weight excluding hydrogens is 234 g/mol. The van der Waals surface area contributed by atoms with Gasteiger partial charge in [-0.15, -0.1) is 0 Å². The monoisotopic (exact) mass is 255 g/mol. The maximum atomic E-state index is 9.35. The Morgan fingerprint density at radius 3 is 1.79 bits per heavy atom. The van der Waals surface area contributed by atoms with E-state index in [1.54, 1.807) is 12.1 Å². The van der Waals surface area contributed by atoms with Crippen LogP contribution in [0.3, 0.4) is 0 Å². The zero-order chi connectivity index (χ0) is 13.8. The summed E-state index contributed by atoms with van der Waals surface area (Å²) in [5.74, 6) is 0.315. The molecule has 0 amide bonds. The average molecular weight is 255 g/mol. The molecule has 0 saturated carbocycles. The fraction of sp³-hybridized carbons (Fsp3) is 0.294. The topological polar surface area (TPSA) is 23.5 Å². The Balaban J connectivity index is 2.15. The van der Waals surface area contributed by atoms with Crippen molar-refractivity contribution in [2.75, 3.05) is 7.05 Å². The molecule has 2 rings (SSSR count). The van der Waals surface area contributed by atoms with Gasteiger partial charge in [0.2, 0.25) is 0 Å². The summed E-state index contributed by atoms with van der Waals surface area (Å²) in [6, 6.07) is 18.6. The highest BCUT2D eigenvalue weighted by Gasteiger charge is 2.18. The standard InChI is InChI=1S/C17H21NO/c1-13(15-7-5-4-6-8-15)18(3)14(2)16-9-11-17(19)12-10-16/h4-14,19H,1-3H3/t13-,14?/m1/s1. The highest BCUT2D eigenvalue weighted by Crippen LogP contribution is 2.28. The molecule has 2 atom stereocenters. The molecule has 2 aromatic rings. The Bertz CT molecular complexity index is 507. The van der Waals surface area contributed by atoms with Crippen molar-refractivity contribution < 1.29 is 5.11 Å². The first-order chi connectivity index (χ1) is 9.09. The Kier molecular flexibility index (Phi) is 4.23. The number of hydrogen-bond donors (Lipinski definition) is 1. The van der Waals surface area contributed by atoms with Gasteiger partial charge in [0.05, 0.1) is 0 Å². The Morgan fingerprint density at radius 1 is 0.789 bits per heavy atom. The van der Waals surface area contributed by atoms with Crippen molar-refractivity contribution in [1.29, 1.82) is 0 Å². The predicted molar refractivity (Wildman–Crippen MR) is 79.1 cm³/mol. The molecule has 100 valence electrons. The van der Waals surface area contributed by atoms with E-state index >= 15 is 0 Å². The van der Waals surface area contributed by atoms with E-state index in [4.69, 9.17) is 0 Å². The second-order valence-electron chi connectivity index (χ2n) is 5.02. The first-order valence-corrected chi connectivity index (χ1v) is 6.65. The Hall–Kier alpha value is -1.80. The predicted octanol–water partition coefficient (Wildman–Crippen LogP) is 4.15. The summed E-state index contributed by atoms with van der Waals surface area (Å²) >= 11 is 0. The van der Waals surface area contributed by atoms with Gasteiger partial charge in [0.25, 0.3) is 0 Å². The second kappa shape index (κ2) is 5.89. The quantitative estimate of drug-likeness (QED) is 0.887. The minimum Gasteiger partial charge on any atom is -0.508 e. The molecule has 2 heteroatoms. The molecule has 0 radical (unpaired) electrons. The third-order valence-corrected chi connectivity index (χ3v) is 3.88. The van der Waals surface area contributed by atoms with Crippen LogP contribution in [0, 0.1) is 0 Å². The van der Waals surface area contributed by atoms with Gasteiger partial charge in [0, 0.05) is 12.1 Å². The van der Waals surface area contributed by atoms with Crippen LogP contribution in [0.5, 0.6) is 5.75 Å². The summed E-state index contributed by atoms with van der Waals surface area (Å²) in [6.07, 6.45) is 0. The van der Waals surface area contributed by atoms with Gasteiger partial charge in [-0.1, -0.05) is 42.5 Å². The summed E-state index contributed by atoms with van der Waals surface area (Å²) in [4.78, 5) is 2.34. The number of hydrogen-bond acceptors (Lipinski definition) is 2. The van der Waals surface area contributed by atoms with Gasteiger partial charge in [-0.3, -0.25) is 4.90 Å². The van der Waals surface area contributed by atoms with Crippen molar-refractivity contribution in [3.63, 3.8) is 0 Å². The fourth-order valence-corrected chi connectivity index (χ4v) is 2.29. The van der Waals surface area contributed by atoms with Crippen LogP contribution in [0.1, 0.15) is 37.1 Å². The van der Waals surface area contributed by atoms with E-state index in [1.807, 2.05) is 18.2 Å². The van der Waals surface area contributed by atoms with Gasteiger partial charge in [0.15, 0.2) is 0 Å². The fourth-order valence-electron chi connectivity index (χ4n) is 2.29. The minimum atomic E-state index is 0.302. The summed E-state index contributed by atoms with van der Waals surface area (Å²) in [5, 5.41) is 9.35. The largest absolute Gasteiger partial charge is 0.508 e. The molecule has 0 fully saturated rings. The zero-order valence-corrected chi connectivity index (χ0v) is 11.7. The van der Waals surface area contributed by atoms with Crippen LogP contribution in [-0.4, -0.2) is 17.1 Å². The van der Waals surface area contributed by atoms with E-state index in [9.17, 15) is 5.11 Å². The third kappa shape index (κ3) is 3.15. The SMILES string of the molecule is CC(c1ccc(O)cc1)N(C)[C@H](C)c1ccccc1. The molecule has 2 aromatic carbocycles. The lowest BCUT2D eigenvalue weighted by Gasteiger charge is -2.31. The van der Waals surface area contributed by atoms with E-state index < -0.39 is 0 Å². The van der Waals surface area contributed by atoms with Crippen LogP contribution in [0.25, 0.3) is 0 Å². The lowest BCUT2D eigenvalue weighted by molar-refractivity contribution is 0.199. The van der Waals surface area contributed by atoms with Crippen LogP contribution >= 0.6 is 0 Å². The third-order valence-electron chi connectivity index (χ3n) is 3.88. The van der Waals surface area contributed by atoms with E-state index in [0.29, 0.717) is 17.8 Å². The first kappa shape index (κ1) is 13.6. The number of nitrogens with zero attached hydrogens (tertiary/aromatic N) is 1. The molecule has 0 aliphatic rings. The van der Waals surface area contributed by atoms with Crippen LogP contribution in [-0.2, 0) is 0 Å². The second-order valence-corrected chi connectivity index (χ2v) is 5.02. The zero-order valence-electron chi connectivity index (χ0n) is 11.7. The van der Waals surface area contributed by atoms with Crippen molar-refractivity contribution in [3.05, 3.63) is 65.7 Å². The number of aromatic hydroxyl groups is 1. The molecule has 2 nitrogen and oxygen atoms in total.